The fourth-order valence-corrected chi connectivity index (χ4v) is 3.36. The molecule has 2 heterocycles. The molecular weight excluding hydrogens is 280 g/mol. The van der Waals surface area contributed by atoms with E-state index in [2.05, 4.69) is 9.97 Å². The van der Waals surface area contributed by atoms with Crippen molar-refractivity contribution in [2.45, 2.75) is 11.8 Å². The number of rotatable bonds is 2. The van der Waals surface area contributed by atoms with Crippen LogP contribution >= 0.6 is 11.3 Å². The van der Waals surface area contributed by atoms with Crippen molar-refractivity contribution < 1.29 is 8.42 Å². The third-order valence-corrected chi connectivity index (χ3v) is 4.97. The van der Waals surface area contributed by atoms with Crippen LogP contribution < -0.4 is 0 Å². The number of H-pyrrole nitrogens is 1. The van der Waals surface area contributed by atoms with Gasteiger partial charge in [0.15, 0.2) is 9.84 Å². The summed E-state index contributed by atoms with van der Waals surface area (Å²) in [5.41, 5.74) is 1.51. The number of nitrogens with zero attached hydrogens (tertiary/aromatic N) is 1. The van der Waals surface area contributed by atoms with Crippen molar-refractivity contribution in [3.63, 3.8) is 0 Å². The summed E-state index contributed by atoms with van der Waals surface area (Å²) in [5.74, 6) is 0.777. The van der Waals surface area contributed by atoms with Gasteiger partial charge in [0.1, 0.15) is 5.82 Å². The molecule has 0 aliphatic heterocycles. The van der Waals surface area contributed by atoms with E-state index < -0.39 is 9.84 Å². The molecule has 0 aliphatic rings. The predicted octanol–water partition coefficient (Wildman–Crippen LogP) is 3.00. The first-order valence-electron chi connectivity index (χ1n) is 5.70. The van der Waals surface area contributed by atoms with Crippen molar-refractivity contribution in [3.05, 3.63) is 35.2 Å². The Bertz CT molecular complexity index is 860. The lowest BCUT2D eigenvalue weighted by Gasteiger charge is -1.96. The first-order chi connectivity index (χ1) is 8.93. The number of hydrogen-bond donors (Lipinski definition) is 1. The Balaban J connectivity index is 2.16. The molecule has 0 spiro atoms. The van der Waals surface area contributed by atoms with Gasteiger partial charge in [0, 0.05) is 11.1 Å². The first-order valence-corrected chi connectivity index (χ1v) is 8.41. The van der Waals surface area contributed by atoms with Gasteiger partial charge >= 0.3 is 0 Å². The summed E-state index contributed by atoms with van der Waals surface area (Å²) in [7, 11) is -3.19. The van der Waals surface area contributed by atoms with Gasteiger partial charge in [-0.25, -0.2) is 13.4 Å². The summed E-state index contributed by atoms with van der Waals surface area (Å²) in [4.78, 5) is 10.2. The molecule has 0 saturated carbocycles. The largest absolute Gasteiger partial charge is 0.337 e. The molecule has 6 heteroatoms. The fraction of sp³-hybridized carbons (Fsp3) is 0.154. The summed E-state index contributed by atoms with van der Waals surface area (Å²) in [6.45, 7) is 2.04. The van der Waals surface area contributed by atoms with Gasteiger partial charge in [0.2, 0.25) is 0 Å². The van der Waals surface area contributed by atoms with Gasteiger partial charge in [-0.05, 0) is 37.3 Å². The summed E-state index contributed by atoms with van der Waals surface area (Å²) < 4.78 is 23.0. The van der Waals surface area contributed by atoms with Crippen molar-refractivity contribution in [2.24, 2.45) is 0 Å². The molecule has 2 aromatic heterocycles. The molecule has 3 rings (SSSR count). The minimum atomic E-state index is -3.19. The van der Waals surface area contributed by atoms with E-state index in [1.165, 1.54) is 11.1 Å². The second-order valence-corrected chi connectivity index (χ2v) is 7.75. The van der Waals surface area contributed by atoms with Gasteiger partial charge in [0.25, 0.3) is 0 Å². The van der Waals surface area contributed by atoms with Crippen LogP contribution in [0.4, 0.5) is 0 Å². The molecule has 4 nitrogen and oxygen atoms in total. The molecule has 0 unspecified atom stereocenters. The zero-order valence-electron chi connectivity index (χ0n) is 10.5. The molecule has 0 aliphatic carbocycles. The zero-order chi connectivity index (χ0) is 13.6. The number of aryl methyl sites for hydroxylation is 1. The molecule has 0 bridgehead atoms. The Morgan fingerprint density at radius 1 is 1.21 bits per heavy atom. The highest BCUT2D eigenvalue weighted by molar-refractivity contribution is 7.90. The highest BCUT2D eigenvalue weighted by Crippen LogP contribution is 2.28. The molecule has 0 radical (unpaired) electrons. The lowest BCUT2D eigenvalue weighted by atomic mass is 10.3. The molecule has 0 saturated heterocycles. The minimum absolute atomic E-state index is 0.303. The number of aromatic nitrogens is 2. The Kier molecular flexibility index (Phi) is 2.72. The maximum Gasteiger partial charge on any atom is 0.175 e. The van der Waals surface area contributed by atoms with Crippen LogP contribution in [0.3, 0.4) is 0 Å². The molecule has 0 amide bonds. The predicted molar refractivity (Wildman–Crippen MR) is 77.3 cm³/mol. The number of benzene rings is 1. The number of hydrogen-bond acceptors (Lipinski definition) is 4. The number of aromatic amines is 1. The standard InChI is InChI=1S/C13H12N2O2S2/c1-8-3-6-12(18-8)13-14-10-5-4-9(19(2,16)17)7-11(10)15-13/h3-7H,1-2H3,(H,14,15). The van der Waals surface area contributed by atoms with Crippen LogP contribution in [0.15, 0.2) is 35.2 Å². The highest BCUT2D eigenvalue weighted by Gasteiger charge is 2.11. The highest BCUT2D eigenvalue weighted by atomic mass is 32.2. The number of thiophene rings is 1. The van der Waals surface area contributed by atoms with E-state index in [9.17, 15) is 8.42 Å². The topological polar surface area (TPSA) is 62.8 Å². The van der Waals surface area contributed by atoms with Crippen LogP contribution in [0.2, 0.25) is 0 Å². The van der Waals surface area contributed by atoms with E-state index in [4.69, 9.17) is 0 Å². The van der Waals surface area contributed by atoms with E-state index in [0.717, 1.165) is 21.7 Å². The van der Waals surface area contributed by atoms with E-state index in [1.54, 1.807) is 29.5 Å². The maximum atomic E-state index is 11.5. The van der Waals surface area contributed by atoms with E-state index in [1.807, 2.05) is 19.1 Å². The van der Waals surface area contributed by atoms with Crippen LogP contribution in [0.25, 0.3) is 21.7 Å². The summed E-state index contributed by atoms with van der Waals surface area (Å²) in [6.07, 6.45) is 1.20. The third kappa shape index (κ3) is 2.29. The number of nitrogens with one attached hydrogen (secondary N) is 1. The monoisotopic (exact) mass is 292 g/mol. The molecule has 3 aromatic rings. The van der Waals surface area contributed by atoms with Crippen molar-refractivity contribution in [2.75, 3.05) is 6.26 Å². The Morgan fingerprint density at radius 2 is 2.00 bits per heavy atom. The van der Waals surface area contributed by atoms with Crippen molar-refractivity contribution in [1.82, 2.24) is 9.97 Å². The SMILES string of the molecule is Cc1ccc(-c2nc3ccc(S(C)(=O)=O)cc3[nH]2)s1. The van der Waals surface area contributed by atoms with Crippen LogP contribution in [0, 0.1) is 6.92 Å². The summed E-state index contributed by atoms with van der Waals surface area (Å²) in [5, 5.41) is 0. The Morgan fingerprint density at radius 3 is 2.63 bits per heavy atom. The lowest BCUT2D eigenvalue weighted by Crippen LogP contribution is -1.96. The van der Waals surface area contributed by atoms with Crippen LogP contribution in [0.1, 0.15) is 4.88 Å². The second-order valence-electron chi connectivity index (χ2n) is 4.45. The average molecular weight is 292 g/mol. The van der Waals surface area contributed by atoms with E-state index in [0.29, 0.717) is 4.90 Å². The van der Waals surface area contributed by atoms with Gasteiger partial charge in [-0.2, -0.15) is 0 Å². The van der Waals surface area contributed by atoms with Crippen molar-refractivity contribution >= 4 is 32.2 Å². The number of sulfone groups is 1. The molecule has 19 heavy (non-hydrogen) atoms. The maximum absolute atomic E-state index is 11.5. The normalized spacial score (nSPS) is 12.1. The Hall–Kier alpha value is -1.66. The molecule has 0 fully saturated rings. The molecule has 98 valence electrons. The number of imidazole rings is 1. The summed E-state index contributed by atoms with van der Waals surface area (Å²) in [6, 6.07) is 8.99. The summed E-state index contributed by atoms with van der Waals surface area (Å²) >= 11 is 1.65. The van der Waals surface area contributed by atoms with Crippen molar-refractivity contribution in [3.8, 4) is 10.7 Å². The van der Waals surface area contributed by atoms with Gasteiger partial charge < -0.3 is 4.98 Å². The number of fused-ring (bicyclic) bond motifs is 1. The molecule has 1 aromatic carbocycles. The van der Waals surface area contributed by atoms with Crippen LogP contribution in [-0.4, -0.2) is 24.6 Å². The average Bonchev–Trinajstić information content (AvgIpc) is 2.92. The Labute approximate surface area is 115 Å². The lowest BCUT2D eigenvalue weighted by molar-refractivity contribution is 0.602. The third-order valence-electron chi connectivity index (χ3n) is 2.86. The quantitative estimate of drug-likeness (QED) is 0.789. The minimum Gasteiger partial charge on any atom is -0.337 e. The van der Waals surface area contributed by atoms with Gasteiger partial charge in [0.05, 0.1) is 20.8 Å². The van der Waals surface area contributed by atoms with Crippen LogP contribution in [-0.2, 0) is 9.84 Å². The van der Waals surface area contributed by atoms with E-state index >= 15 is 0 Å². The molecule has 0 atom stereocenters. The van der Waals surface area contributed by atoms with Gasteiger partial charge in [-0.3, -0.25) is 0 Å². The van der Waals surface area contributed by atoms with Gasteiger partial charge in [-0.15, -0.1) is 11.3 Å². The second kappa shape index (κ2) is 4.18. The van der Waals surface area contributed by atoms with E-state index in [-0.39, 0.29) is 0 Å². The molecule has 1 N–H and O–H groups in total. The van der Waals surface area contributed by atoms with Gasteiger partial charge in [-0.1, -0.05) is 0 Å². The van der Waals surface area contributed by atoms with Crippen LogP contribution in [0.5, 0.6) is 0 Å². The zero-order valence-corrected chi connectivity index (χ0v) is 12.1. The fourth-order valence-electron chi connectivity index (χ4n) is 1.90. The van der Waals surface area contributed by atoms with Crippen molar-refractivity contribution in [1.29, 1.82) is 0 Å². The molecular formula is C13H12N2O2S2. The first kappa shape index (κ1) is 12.4. The smallest absolute Gasteiger partial charge is 0.175 e.